The third-order valence-corrected chi connectivity index (χ3v) is 6.12. The van der Waals surface area contributed by atoms with Crippen LogP contribution in [-0.2, 0) is 12.8 Å². The fourth-order valence-corrected chi connectivity index (χ4v) is 4.51. The van der Waals surface area contributed by atoms with Gasteiger partial charge in [0.15, 0.2) is 0 Å². The molecule has 0 atom stereocenters. The summed E-state index contributed by atoms with van der Waals surface area (Å²) in [6, 6.07) is 22.0. The molecular weight excluding hydrogens is 354 g/mol. The highest BCUT2D eigenvalue weighted by Gasteiger charge is 2.15. The van der Waals surface area contributed by atoms with Gasteiger partial charge in [0.1, 0.15) is 5.75 Å². The van der Waals surface area contributed by atoms with Crippen LogP contribution in [0.25, 0.3) is 0 Å². The first-order valence-corrected chi connectivity index (χ1v) is 10.7. The van der Waals surface area contributed by atoms with Crippen LogP contribution in [0.15, 0.2) is 60.7 Å². The second kappa shape index (κ2) is 8.73. The molecule has 0 aliphatic carbocycles. The van der Waals surface area contributed by atoms with Crippen molar-refractivity contribution in [1.82, 2.24) is 0 Å². The van der Waals surface area contributed by atoms with Gasteiger partial charge in [-0.15, -0.1) is 0 Å². The van der Waals surface area contributed by atoms with Crippen molar-refractivity contribution in [2.75, 3.05) is 25.1 Å². The summed E-state index contributed by atoms with van der Waals surface area (Å²) in [6.07, 6.45) is 4.49. The molecule has 0 N–H and O–H groups in total. The van der Waals surface area contributed by atoms with E-state index in [0.29, 0.717) is 0 Å². The van der Waals surface area contributed by atoms with Gasteiger partial charge in [-0.25, -0.2) is 0 Å². The van der Waals surface area contributed by atoms with Crippen LogP contribution in [0.5, 0.6) is 5.75 Å². The summed E-state index contributed by atoms with van der Waals surface area (Å²) < 4.78 is 5.64. The molecule has 150 valence electrons. The number of ether oxygens (including phenoxy) is 1. The van der Waals surface area contributed by atoms with Gasteiger partial charge in [-0.2, -0.15) is 0 Å². The molecule has 1 heterocycles. The van der Waals surface area contributed by atoms with E-state index in [1.54, 1.807) is 7.11 Å². The van der Waals surface area contributed by atoms with Gasteiger partial charge in [0, 0.05) is 25.2 Å². The molecule has 1 aliphatic rings. The smallest absolute Gasteiger partial charge is 0.122 e. The van der Waals surface area contributed by atoms with Crippen molar-refractivity contribution >= 4 is 5.69 Å². The first kappa shape index (κ1) is 19.6. The standard InChI is InChI=1S/C27H31NO/c1-20-15-25(28-13-7-8-14-28)16-21(2)26(20)19-23-11-12-27(29-3)24(18-23)17-22-9-5-4-6-10-22/h4-6,9-12,15-16,18H,7-8,13-14,17,19H2,1-3H3. The lowest BCUT2D eigenvalue weighted by molar-refractivity contribution is 0.410. The Morgan fingerprint density at radius 2 is 1.48 bits per heavy atom. The Kier molecular flexibility index (Phi) is 5.89. The lowest BCUT2D eigenvalue weighted by Gasteiger charge is -2.21. The van der Waals surface area contributed by atoms with Gasteiger partial charge in [-0.05, 0) is 84.7 Å². The van der Waals surface area contributed by atoms with E-state index in [0.717, 1.165) is 18.6 Å². The van der Waals surface area contributed by atoms with Crippen LogP contribution in [0.2, 0.25) is 0 Å². The second-order valence-corrected chi connectivity index (χ2v) is 8.24. The number of rotatable bonds is 6. The summed E-state index contributed by atoms with van der Waals surface area (Å²) in [4.78, 5) is 2.52. The number of anilines is 1. The van der Waals surface area contributed by atoms with E-state index >= 15 is 0 Å². The van der Waals surface area contributed by atoms with Crippen molar-refractivity contribution in [3.05, 3.63) is 94.0 Å². The highest BCUT2D eigenvalue weighted by atomic mass is 16.5. The van der Waals surface area contributed by atoms with Gasteiger partial charge in [-0.1, -0.05) is 42.5 Å². The summed E-state index contributed by atoms with van der Waals surface area (Å²) >= 11 is 0. The maximum atomic E-state index is 5.64. The molecule has 1 aliphatic heterocycles. The fourth-order valence-electron chi connectivity index (χ4n) is 4.51. The molecule has 0 radical (unpaired) electrons. The van der Waals surface area contributed by atoms with Crippen LogP contribution >= 0.6 is 0 Å². The van der Waals surface area contributed by atoms with Crippen LogP contribution in [0.4, 0.5) is 5.69 Å². The normalized spacial score (nSPS) is 13.7. The molecule has 2 heteroatoms. The molecule has 0 saturated carbocycles. The van der Waals surface area contributed by atoms with Crippen molar-refractivity contribution in [2.45, 2.75) is 39.5 Å². The van der Waals surface area contributed by atoms with E-state index in [1.807, 2.05) is 0 Å². The number of hydrogen-bond acceptors (Lipinski definition) is 2. The Morgan fingerprint density at radius 1 is 0.793 bits per heavy atom. The first-order chi connectivity index (χ1) is 14.1. The SMILES string of the molecule is COc1ccc(Cc2c(C)cc(N3CCCC3)cc2C)cc1Cc1ccccc1. The Bertz CT molecular complexity index is 948. The van der Waals surface area contributed by atoms with Crippen LogP contribution in [0.3, 0.4) is 0 Å². The van der Waals surface area contributed by atoms with Crippen molar-refractivity contribution in [1.29, 1.82) is 0 Å². The van der Waals surface area contributed by atoms with E-state index in [4.69, 9.17) is 4.74 Å². The Hall–Kier alpha value is -2.74. The summed E-state index contributed by atoms with van der Waals surface area (Å²) in [6.45, 7) is 6.91. The van der Waals surface area contributed by atoms with Gasteiger partial charge >= 0.3 is 0 Å². The fraction of sp³-hybridized carbons (Fsp3) is 0.333. The number of benzene rings is 3. The molecule has 2 nitrogen and oxygen atoms in total. The summed E-state index contributed by atoms with van der Waals surface area (Å²) in [5, 5.41) is 0. The van der Waals surface area contributed by atoms with Gasteiger partial charge in [0.05, 0.1) is 7.11 Å². The van der Waals surface area contributed by atoms with Gasteiger partial charge in [-0.3, -0.25) is 0 Å². The highest BCUT2D eigenvalue weighted by Crippen LogP contribution is 2.29. The van der Waals surface area contributed by atoms with Gasteiger partial charge < -0.3 is 9.64 Å². The average Bonchev–Trinajstić information content (AvgIpc) is 3.26. The lowest BCUT2D eigenvalue weighted by atomic mass is 9.93. The zero-order chi connectivity index (χ0) is 20.2. The molecule has 1 saturated heterocycles. The summed E-state index contributed by atoms with van der Waals surface area (Å²) in [5.74, 6) is 0.968. The molecule has 0 bridgehead atoms. The van der Waals surface area contributed by atoms with Gasteiger partial charge in [0.2, 0.25) is 0 Å². The molecule has 0 aromatic heterocycles. The zero-order valence-electron chi connectivity index (χ0n) is 17.9. The molecule has 0 amide bonds. The van der Waals surface area contributed by atoms with Crippen molar-refractivity contribution in [3.63, 3.8) is 0 Å². The molecule has 3 aromatic carbocycles. The van der Waals surface area contributed by atoms with Crippen LogP contribution in [0, 0.1) is 13.8 Å². The Morgan fingerprint density at radius 3 is 2.14 bits per heavy atom. The number of aryl methyl sites for hydroxylation is 2. The van der Waals surface area contributed by atoms with E-state index in [-0.39, 0.29) is 0 Å². The third kappa shape index (κ3) is 4.48. The Balaban J connectivity index is 1.60. The summed E-state index contributed by atoms with van der Waals surface area (Å²) in [5.41, 5.74) is 9.53. The largest absolute Gasteiger partial charge is 0.496 e. The minimum Gasteiger partial charge on any atom is -0.496 e. The topological polar surface area (TPSA) is 12.5 Å². The molecular formula is C27H31NO. The van der Waals surface area contributed by atoms with E-state index in [2.05, 4.69) is 79.4 Å². The summed E-state index contributed by atoms with van der Waals surface area (Å²) in [7, 11) is 1.76. The maximum Gasteiger partial charge on any atom is 0.122 e. The van der Waals surface area contributed by atoms with Crippen LogP contribution in [-0.4, -0.2) is 20.2 Å². The molecule has 4 rings (SSSR count). The third-order valence-electron chi connectivity index (χ3n) is 6.12. The second-order valence-electron chi connectivity index (χ2n) is 8.24. The average molecular weight is 386 g/mol. The number of methoxy groups -OCH3 is 1. The van der Waals surface area contributed by atoms with Gasteiger partial charge in [0.25, 0.3) is 0 Å². The monoisotopic (exact) mass is 385 g/mol. The van der Waals surface area contributed by atoms with E-state index < -0.39 is 0 Å². The number of nitrogens with zero attached hydrogens (tertiary/aromatic N) is 1. The molecule has 0 spiro atoms. The minimum atomic E-state index is 0.893. The van der Waals surface area contributed by atoms with E-state index in [9.17, 15) is 0 Å². The predicted molar refractivity (Wildman–Crippen MR) is 122 cm³/mol. The first-order valence-electron chi connectivity index (χ1n) is 10.7. The van der Waals surface area contributed by atoms with Crippen LogP contribution < -0.4 is 9.64 Å². The molecule has 29 heavy (non-hydrogen) atoms. The van der Waals surface area contributed by atoms with E-state index in [1.165, 1.54) is 65.0 Å². The lowest BCUT2D eigenvalue weighted by Crippen LogP contribution is -2.18. The predicted octanol–water partition coefficient (Wildman–Crippen LogP) is 6.09. The zero-order valence-corrected chi connectivity index (χ0v) is 17.9. The van der Waals surface area contributed by atoms with Crippen molar-refractivity contribution < 1.29 is 4.74 Å². The molecule has 1 fully saturated rings. The Labute approximate surface area is 175 Å². The highest BCUT2D eigenvalue weighted by molar-refractivity contribution is 5.56. The van der Waals surface area contributed by atoms with Crippen molar-refractivity contribution in [3.8, 4) is 5.75 Å². The molecule has 3 aromatic rings. The quantitative estimate of drug-likeness (QED) is 0.509. The van der Waals surface area contributed by atoms with Crippen LogP contribution in [0.1, 0.15) is 46.2 Å². The minimum absolute atomic E-state index is 0.893. The molecule has 0 unspecified atom stereocenters. The van der Waals surface area contributed by atoms with Crippen molar-refractivity contribution in [2.24, 2.45) is 0 Å². The number of hydrogen-bond donors (Lipinski definition) is 0. The maximum absolute atomic E-state index is 5.64.